The second kappa shape index (κ2) is 4.23. The second-order valence-corrected chi connectivity index (χ2v) is 6.04. The molecule has 1 aromatic carbocycles. The molecule has 2 aliphatic rings. The molecule has 1 fully saturated rings. The van der Waals surface area contributed by atoms with Gasteiger partial charge in [0.05, 0.1) is 11.2 Å². The van der Waals surface area contributed by atoms with Gasteiger partial charge in [0.25, 0.3) is 0 Å². The summed E-state index contributed by atoms with van der Waals surface area (Å²) in [6.45, 7) is 8.06. The molecule has 5 nitrogen and oxygen atoms in total. The number of hydrogen-bond acceptors (Lipinski definition) is 5. The summed E-state index contributed by atoms with van der Waals surface area (Å²) in [5.41, 5.74) is 0.262. The van der Waals surface area contributed by atoms with Crippen molar-refractivity contribution in [2.45, 2.75) is 38.9 Å². The molecule has 0 atom stereocenters. The van der Waals surface area contributed by atoms with E-state index in [9.17, 15) is 4.79 Å². The van der Waals surface area contributed by atoms with E-state index in [0.29, 0.717) is 22.5 Å². The van der Waals surface area contributed by atoms with Gasteiger partial charge in [0.15, 0.2) is 11.5 Å². The number of fused-ring (bicyclic) bond motifs is 1. The monoisotopic (exact) mass is 276 g/mol. The quantitative estimate of drug-likeness (QED) is 0.605. The minimum atomic E-state index is -0.588. The second-order valence-electron chi connectivity index (χ2n) is 6.04. The number of carbonyl (C=O) groups is 1. The molecule has 0 spiro atoms. The SMILES string of the molecule is CC1(C)OB(c2cc3c(cc2C=O)OCO3)OC1(C)C. The molecular formula is C14H17BO5. The zero-order chi connectivity index (χ0) is 14.5. The lowest BCUT2D eigenvalue weighted by Gasteiger charge is -2.32. The normalized spacial score (nSPS) is 22.1. The van der Waals surface area contributed by atoms with Crippen LogP contribution in [0, 0.1) is 0 Å². The lowest BCUT2D eigenvalue weighted by atomic mass is 9.76. The molecule has 20 heavy (non-hydrogen) atoms. The molecule has 0 unspecified atom stereocenters. The third-order valence-electron chi connectivity index (χ3n) is 4.21. The number of carbonyl (C=O) groups excluding carboxylic acids is 1. The van der Waals surface area contributed by atoms with Gasteiger partial charge in [-0.05, 0) is 45.3 Å². The third kappa shape index (κ3) is 1.91. The van der Waals surface area contributed by atoms with E-state index in [1.807, 2.05) is 27.7 Å². The molecule has 0 bridgehead atoms. The summed E-state index contributed by atoms with van der Waals surface area (Å²) in [4.78, 5) is 11.3. The average molecular weight is 276 g/mol. The molecule has 0 aliphatic carbocycles. The van der Waals surface area contributed by atoms with Crippen molar-refractivity contribution in [3.8, 4) is 11.5 Å². The molecule has 0 amide bonds. The maximum atomic E-state index is 11.3. The van der Waals surface area contributed by atoms with Crippen LogP contribution >= 0.6 is 0 Å². The fraction of sp³-hybridized carbons (Fsp3) is 0.500. The number of rotatable bonds is 2. The highest BCUT2D eigenvalue weighted by Crippen LogP contribution is 2.38. The van der Waals surface area contributed by atoms with Crippen LogP contribution in [0.25, 0.3) is 0 Å². The number of benzene rings is 1. The Kier molecular flexibility index (Phi) is 2.85. The smallest absolute Gasteiger partial charge is 0.454 e. The van der Waals surface area contributed by atoms with Crippen LogP contribution in [0.2, 0.25) is 0 Å². The van der Waals surface area contributed by atoms with E-state index in [1.165, 1.54) is 0 Å². The molecular weight excluding hydrogens is 259 g/mol. The van der Waals surface area contributed by atoms with Crippen LogP contribution in [-0.4, -0.2) is 31.4 Å². The average Bonchev–Trinajstić information content (AvgIpc) is 2.89. The summed E-state index contributed by atoms with van der Waals surface area (Å²) in [7, 11) is -0.588. The first-order chi connectivity index (χ1) is 9.34. The Hall–Kier alpha value is -1.53. The first kappa shape index (κ1) is 13.5. The van der Waals surface area contributed by atoms with Crippen molar-refractivity contribution in [3.05, 3.63) is 17.7 Å². The van der Waals surface area contributed by atoms with Crippen molar-refractivity contribution in [1.29, 1.82) is 0 Å². The first-order valence-electron chi connectivity index (χ1n) is 6.58. The first-order valence-corrected chi connectivity index (χ1v) is 6.58. The van der Waals surface area contributed by atoms with Gasteiger partial charge in [-0.1, -0.05) is 0 Å². The lowest BCUT2D eigenvalue weighted by molar-refractivity contribution is 0.00578. The largest absolute Gasteiger partial charge is 0.495 e. The van der Waals surface area contributed by atoms with Crippen LogP contribution in [-0.2, 0) is 9.31 Å². The van der Waals surface area contributed by atoms with E-state index < -0.39 is 18.3 Å². The van der Waals surface area contributed by atoms with Gasteiger partial charge in [-0.25, -0.2) is 0 Å². The van der Waals surface area contributed by atoms with Crippen LogP contribution < -0.4 is 14.9 Å². The fourth-order valence-electron chi connectivity index (χ4n) is 2.25. The van der Waals surface area contributed by atoms with Gasteiger partial charge in [-0.2, -0.15) is 0 Å². The van der Waals surface area contributed by atoms with Crippen LogP contribution in [0.3, 0.4) is 0 Å². The standard InChI is InChI=1S/C14H17BO5/c1-13(2)14(3,4)20-15(19-13)10-6-12-11(17-8-18-12)5-9(10)7-16/h5-7H,8H2,1-4H3. The molecule has 0 radical (unpaired) electrons. The minimum Gasteiger partial charge on any atom is -0.454 e. The molecule has 2 aliphatic heterocycles. The summed E-state index contributed by atoms with van der Waals surface area (Å²) in [6.07, 6.45) is 0.780. The molecule has 3 rings (SSSR count). The van der Waals surface area contributed by atoms with Gasteiger partial charge in [0, 0.05) is 5.56 Å². The van der Waals surface area contributed by atoms with E-state index in [4.69, 9.17) is 18.8 Å². The summed E-state index contributed by atoms with van der Waals surface area (Å²) in [5.74, 6) is 1.19. The lowest BCUT2D eigenvalue weighted by Crippen LogP contribution is -2.41. The maximum Gasteiger partial charge on any atom is 0.495 e. The Morgan fingerprint density at radius 1 is 1.05 bits per heavy atom. The van der Waals surface area contributed by atoms with E-state index in [1.54, 1.807) is 12.1 Å². The van der Waals surface area contributed by atoms with Crippen molar-refractivity contribution < 1.29 is 23.6 Å². The Morgan fingerprint density at radius 3 is 2.15 bits per heavy atom. The molecule has 0 aromatic heterocycles. The fourth-order valence-corrected chi connectivity index (χ4v) is 2.25. The van der Waals surface area contributed by atoms with E-state index >= 15 is 0 Å². The van der Waals surface area contributed by atoms with Crippen LogP contribution in [0.5, 0.6) is 11.5 Å². The van der Waals surface area contributed by atoms with Gasteiger partial charge in [0.2, 0.25) is 6.79 Å². The van der Waals surface area contributed by atoms with Crippen LogP contribution in [0.1, 0.15) is 38.1 Å². The zero-order valence-electron chi connectivity index (χ0n) is 12.1. The van der Waals surface area contributed by atoms with E-state index in [0.717, 1.165) is 6.29 Å². The maximum absolute atomic E-state index is 11.3. The molecule has 0 saturated carbocycles. The van der Waals surface area contributed by atoms with Gasteiger partial charge in [-0.3, -0.25) is 4.79 Å². The molecule has 0 N–H and O–H groups in total. The Morgan fingerprint density at radius 2 is 1.60 bits per heavy atom. The van der Waals surface area contributed by atoms with Crippen molar-refractivity contribution >= 4 is 18.9 Å². The van der Waals surface area contributed by atoms with Gasteiger partial charge in [0.1, 0.15) is 6.29 Å². The highest BCUT2D eigenvalue weighted by atomic mass is 16.7. The minimum absolute atomic E-state index is 0.167. The Labute approximate surface area is 118 Å². The molecule has 2 heterocycles. The van der Waals surface area contributed by atoms with Gasteiger partial charge in [-0.15, -0.1) is 0 Å². The molecule has 6 heteroatoms. The summed E-state index contributed by atoms with van der Waals surface area (Å²) >= 11 is 0. The topological polar surface area (TPSA) is 54.0 Å². The van der Waals surface area contributed by atoms with Crippen molar-refractivity contribution in [2.75, 3.05) is 6.79 Å². The molecule has 1 aromatic rings. The van der Waals surface area contributed by atoms with Crippen LogP contribution in [0.4, 0.5) is 0 Å². The predicted octanol–water partition coefficient (Wildman–Crippen LogP) is 1.53. The number of ether oxygens (including phenoxy) is 2. The van der Waals surface area contributed by atoms with Crippen molar-refractivity contribution in [3.63, 3.8) is 0 Å². The highest BCUT2D eigenvalue weighted by molar-refractivity contribution is 6.63. The van der Waals surface area contributed by atoms with Gasteiger partial charge >= 0.3 is 7.12 Å². The third-order valence-corrected chi connectivity index (χ3v) is 4.21. The predicted molar refractivity (Wildman–Crippen MR) is 73.7 cm³/mol. The van der Waals surface area contributed by atoms with E-state index in [-0.39, 0.29) is 6.79 Å². The zero-order valence-corrected chi connectivity index (χ0v) is 12.1. The van der Waals surface area contributed by atoms with Gasteiger partial charge < -0.3 is 18.8 Å². The summed E-state index contributed by atoms with van der Waals surface area (Å²) < 4.78 is 22.6. The summed E-state index contributed by atoms with van der Waals surface area (Å²) in [5, 5.41) is 0. The van der Waals surface area contributed by atoms with E-state index in [2.05, 4.69) is 0 Å². The Balaban J connectivity index is 2.01. The Bertz CT molecular complexity index is 551. The molecule has 1 saturated heterocycles. The van der Waals surface area contributed by atoms with Crippen LogP contribution in [0.15, 0.2) is 12.1 Å². The van der Waals surface area contributed by atoms with Crippen molar-refractivity contribution in [2.24, 2.45) is 0 Å². The highest BCUT2D eigenvalue weighted by Gasteiger charge is 2.52. The number of hydrogen-bond donors (Lipinski definition) is 0. The molecule has 106 valence electrons. The number of aldehydes is 1. The summed E-state index contributed by atoms with van der Waals surface area (Å²) in [6, 6.07) is 3.42. The van der Waals surface area contributed by atoms with Crippen molar-refractivity contribution in [1.82, 2.24) is 0 Å².